The van der Waals surface area contributed by atoms with E-state index in [9.17, 15) is 38.7 Å². The standard InChI is InChI=1S/C44H61N11O8/c1-3-55(2)44(47)48-22-14-13-21-32(40(60)52-33(39(46)59)23-29-15-7-4-8-16-29)51-42(62)35(25-31-19-11-6-12-20-31)53-43(63)36(28-56)54-41(61)34(24-30-17-9-5-10-18-30)50-38(58)27-49-37(57)26-45/h4-12,15-20,32-36,56H,3,13-14,21-28,45H2,1-2H3,(H2,46,59)(H2,47,48)(H,49,57)(H,50,58)(H,51,62)(H,52,60)(H,53,63)(H,54,61)/t32-,33-,34-,35-,36-/m0/s1. The van der Waals surface area contributed by atoms with Gasteiger partial charge in [-0.05, 0) is 42.9 Å². The molecule has 0 spiro atoms. The number of primary amides is 1. The van der Waals surface area contributed by atoms with Gasteiger partial charge in [-0.3, -0.25) is 38.6 Å². The predicted molar refractivity (Wildman–Crippen MR) is 237 cm³/mol. The summed E-state index contributed by atoms with van der Waals surface area (Å²) in [5.74, 6) is -4.95. The van der Waals surface area contributed by atoms with Crippen LogP contribution >= 0.6 is 0 Å². The Kier molecular flexibility index (Phi) is 21.8. The fourth-order valence-electron chi connectivity index (χ4n) is 6.18. The van der Waals surface area contributed by atoms with Crippen LogP contribution in [0.15, 0.2) is 96.0 Å². The first-order valence-electron chi connectivity index (χ1n) is 20.7. The molecule has 63 heavy (non-hydrogen) atoms. The van der Waals surface area contributed by atoms with E-state index in [1.165, 1.54) is 0 Å². The van der Waals surface area contributed by atoms with E-state index in [4.69, 9.17) is 17.2 Å². The second-order valence-electron chi connectivity index (χ2n) is 14.7. The molecule has 0 aliphatic heterocycles. The largest absolute Gasteiger partial charge is 0.394 e. The Bertz CT molecular complexity index is 1970. The van der Waals surface area contributed by atoms with Gasteiger partial charge in [0.15, 0.2) is 5.96 Å². The van der Waals surface area contributed by atoms with Gasteiger partial charge in [-0.2, -0.15) is 0 Å². The summed E-state index contributed by atoms with van der Waals surface area (Å²) in [4.78, 5) is 98.7. The zero-order chi connectivity index (χ0) is 46.1. The SMILES string of the molecule is CCN(C)C(N)=NCCCC[C@H](NC(=O)[C@H](Cc1ccccc1)NC(=O)[C@H](CO)NC(=O)[C@H](Cc1ccccc1)NC(=O)CNC(=O)CN)C(=O)N[C@@H](Cc1ccccc1)C(N)=O. The lowest BCUT2D eigenvalue weighted by molar-refractivity contribution is -0.135. The van der Waals surface area contributed by atoms with Crippen LogP contribution in [0.1, 0.15) is 42.9 Å². The van der Waals surface area contributed by atoms with Gasteiger partial charge in [-0.1, -0.05) is 91.0 Å². The quantitative estimate of drug-likeness (QED) is 0.0242. The van der Waals surface area contributed by atoms with E-state index in [2.05, 4.69) is 36.9 Å². The van der Waals surface area contributed by atoms with Crippen molar-refractivity contribution in [1.29, 1.82) is 0 Å². The highest BCUT2D eigenvalue weighted by molar-refractivity contribution is 5.97. The monoisotopic (exact) mass is 871 g/mol. The number of benzene rings is 3. The Morgan fingerprint density at radius 2 is 1.03 bits per heavy atom. The Labute approximate surface area is 367 Å². The second kappa shape index (κ2) is 27.2. The van der Waals surface area contributed by atoms with Crippen LogP contribution in [0.25, 0.3) is 0 Å². The molecular formula is C44H61N11O8. The number of aliphatic hydroxyl groups is 1. The van der Waals surface area contributed by atoms with E-state index >= 15 is 0 Å². The molecule has 0 bridgehead atoms. The molecule has 7 amide bonds. The van der Waals surface area contributed by atoms with E-state index in [0.717, 1.165) is 5.56 Å². The minimum Gasteiger partial charge on any atom is -0.394 e. The van der Waals surface area contributed by atoms with Gasteiger partial charge < -0.3 is 59.1 Å². The summed E-state index contributed by atoms with van der Waals surface area (Å²) in [7, 11) is 1.80. The van der Waals surface area contributed by atoms with Gasteiger partial charge in [0.05, 0.1) is 19.7 Å². The highest BCUT2D eigenvalue weighted by Gasteiger charge is 2.32. The van der Waals surface area contributed by atoms with Crippen molar-refractivity contribution in [3.05, 3.63) is 108 Å². The van der Waals surface area contributed by atoms with Gasteiger partial charge in [0.1, 0.15) is 30.2 Å². The van der Waals surface area contributed by atoms with Gasteiger partial charge in [-0.25, -0.2) is 0 Å². The van der Waals surface area contributed by atoms with Crippen LogP contribution in [-0.4, -0.2) is 127 Å². The number of carbonyl (C=O) groups excluding carboxylic acids is 7. The van der Waals surface area contributed by atoms with Crippen LogP contribution in [-0.2, 0) is 52.8 Å². The molecule has 3 rings (SSSR count). The molecule has 19 nitrogen and oxygen atoms in total. The average Bonchev–Trinajstić information content (AvgIpc) is 3.29. The first kappa shape index (κ1) is 50.5. The molecule has 0 unspecified atom stereocenters. The van der Waals surface area contributed by atoms with Gasteiger partial charge in [0.2, 0.25) is 41.4 Å². The highest BCUT2D eigenvalue weighted by Crippen LogP contribution is 2.10. The van der Waals surface area contributed by atoms with Crippen molar-refractivity contribution < 1.29 is 38.7 Å². The number of nitrogens with two attached hydrogens (primary N) is 3. The third kappa shape index (κ3) is 18.3. The molecule has 0 aliphatic carbocycles. The number of amides is 7. The normalized spacial score (nSPS) is 13.5. The summed E-state index contributed by atoms with van der Waals surface area (Å²) in [6, 6.07) is 19.9. The number of rotatable bonds is 26. The average molecular weight is 872 g/mol. The lowest BCUT2D eigenvalue weighted by Gasteiger charge is -2.27. The number of unbranched alkanes of at least 4 members (excludes halogenated alkanes) is 1. The smallest absolute Gasteiger partial charge is 0.245 e. The molecule has 340 valence electrons. The molecule has 0 saturated heterocycles. The van der Waals surface area contributed by atoms with Crippen molar-refractivity contribution in [3.8, 4) is 0 Å². The lowest BCUT2D eigenvalue weighted by atomic mass is 10.0. The fourth-order valence-corrected chi connectivity index (χ4v) is 6.18. The van der Waals surface area contributed by atoms with Crippen molar-refractivity contribution in [2.75, 3.05) is 39.8 Å². The minimum atomic E-state index is -1.59. The number of guanidine groups is 1. The zero-order valence-corrected chi connectivity index (χ0v) is 35.8. The fraction of sp³-hybridized carbons (Fsp3) is 0.409. The first-order chi connectivity index (χ1) is 30.2. The predicted octanol–water partition coefficient (Wildman–Crippen LogP) is -1.87. The van der Waals surface area contributed by atoms with Crippen LogP contribution in [0, 0.1) is 0 Å². The maximum absolute atomic E-state index is 14.2. The van der Waals surface area contributed by atoms with Crippen LogP contribution in [0.2, 0.25) is 0 Å². The van der Waals surface area contributed by atoms with Gasteiger partial charge in [0, 0.05) is 39.4 Å². The van der Waals surface area contributed by atoms with Crippen LogP contribution in [0.3, 0.4) is 0 Å². The minimum absolute atomic E-state index is 0.0109. The maximum Gasteiger partial charge on any atom is 0.245 e. The number of hydrogen-bond acceptors (Lipinski definition) is 10. The van der Waals surface area contributed by atoms with Crippen LogP contribution in [0.4, 0.5) is 0 Å². The topological polar surface area (TPSA) is 306 Å². The number of nitrogens with one attached hydrogen (secondary N) is 6. The van der Waals surface area contributed by atoms with Crippen molar-refractivity contribution in [3.63, 3.8) is 0 Å². The molecule has 5 atom stereocenters. The van der Waals surface area contributed by atoms with E-state index in [-0.39, 0.29) is 32.2 Å². The Morgan fingerprint density at radius 3 is 1.51 bits per heavy atom. The number of hydrogen-bond donors (Lipinski definition) is 10. The second-order valence-corrected chi connectivity index (χ2v) is 14.7. The van der Waals surface area contributed by atoms with Crippen molar-refractivity contribution in [2.24, 2.45) is 22.2 Å². The Balaban J connectivity index is 1.85. The number of nitrogens with zero attached hydrogens (tertiary/aromatic N) is 2. The first-order valence-corrected chi connectivity index (χ1v) is 20.7. The Hall–Kier alpha value is -6.86. The lowest BCUT2D eigenvalue weighted by Crippen LogP contribution is -2.60. The van der Waals surface area contributed by atoms with Gasteiger partial charge in [0.25, 0.3) is 0 Å². The Morgan fingerprint density at radius 1 is 0.603 bits per heavy atom. The molecule has 0 aliphatic rings. The molecule has 3 aromatic rings. The van der Waals surface area contributed by atoms with Crippen molar-refractivity contribution >= 4 is 47.3 Å². The molecule has 0 fully saturated rings. The van der Waals surface area contributed by atoms with Crippen molar-refractivity contribution in [1.82, 2.24) is 36.8 Å². The number of aliphatic hydroxyl groups excluding tert-OH is 1. The summed E-state index contributed by atoms with van der Waals surface area (Å²) in [6.07, 6.45) is 1.04. The molecule has 19 heteroatoms. The molecule has 0 radical (unpaired) electrons. The zero-order valence-electron chi connectivity index (χ0n) is 35.8. The maximum atomic E-state index is 14.2. The molecule has 0 saturated carbocycles. The van der Waals surface area contributed by atoms with E-state index in [0.29, 0.717) is 43.0 Å². The van der Waals surface area contributed by atoms with Gasteiger partial charge >= 0.3 is 0 Å². The van der Waals surface area contributed by atoms with Crippen molar-refractivity contribution in [2.45, 2.75) is 75.7 Å². The molecular weight excluding hydrogens is 811 g/mol. The number of aliphatic imine (C=N–C) groups is 1. The van der Waals surface area contributed by atoms with Crippen LogP contribution < -0.4 is 49.1 Å². The van der Waals surface area contributed by atoms with E-state index in [1.807, 2.05) is 13.0 Å². The van der Waals surface area contributed by atoms with Crippen LogP contribution in [0.5, 0.6) is 0 Å². The van der Waals surface area contributed by atoms with E-state index < -0.39 is 84.7 Å². The van der Waals surface area contributed by atoms with Gasteiger partial charge in [-0.15, -0.1) is 0 Å². The number of carbonyl (C=O) groups is 7. The molecule has 13 N–H and O–H groups in total. The van der Waals surface area contributed by atoms with E-state index in [1.54, 1.807) is 96.9 Å². The summed E-state index contributed by atoms with van der Waals surface area (Å²) in [5, 5.41) is 25.7. The summed E-state index contributed by atoms with van der Waals surface area (Å²) in [5.41, 5.74) is 19.1. The molecule has 0 aromatic heterocycles. The highest BCUT2D eigenvalue weighted by atomic mass is 16.3. The summed E-state index contributed by atoms with van der Waals surface area (Å²) < 4.78 is 0. The third-order valence-corrected chi connectivity index (χ3v) is 9.91. The summed E-state index contributed by atoms with van der Waals surface area (Å²) >= 11 is 0. The molecule has 3 aromatic carbocycles. The third-order valence-electron chi connectivity index (χ3n) is 9.91. The molecule has 0 heterocycles. The summed E-state index contributed by atoms with van der Waals surface area (Å²) in [6.45, 7) is 1.22.